The normalized spacial score (nSPS) is 53.2. The molecule has 9 heteroatoms. The molecule has 1 heterocycles. The minimum Gasteiger partial charge on any atom is -0.462 e. The summed E-state index contributed by atoms with van der Waals surface area (Å²) >= 11 is 0. The molecule has 5 aliphatic carbocycles. The van der Waals surface area contributed by atoms with E-state index < -0.39 is 23.2 Å². The fourth-order valence-electron chi connectivity index (χ4n) is 11.4. The van der Waals surface area contributed by atoms with Gasteiger partial charge in [-0.15, -0.1) is 0 Å². The molecule has 0 aromatic carbocycles. The lowest BCUT2D eigenvalue weighted by molar-refractivity contribution is -0.278. The van der Waals surface area contributed by atoms with Crippen LogP contribution in [0, 0.1) is 40.4 Å². The molecule has 0 radical (unpaired) electrons. The average Bonchev–Trinajstić information content (AvgIpc) is 3.27. The van der Waals surface area contributed by atoms with Gasteiger partial charge in [0.15, 0.2) is 0 Å². The zero-order chi connectivity index (χ0) is 26.5. The summed E-state index contributed by atoms with van der Waals surface area (Å²) in [6.45, 7) is 7.38. The Balaban J connectivity index is 1.65. The summed E-state index contributed by atoms with van der Waals surface area (Å²) in [6, 6.07) is -0.0133. The van der Waals surface area contributed by atoms with Crippen LogP contribution in [0.4, 0.5) is 0 Å². The largest absolute Gasteiger partial charge is 0.462 e. The minimum atomic E-state index is -0.922. The maximum absolute atomic E-state index is 12.9. The molecule has 1 spiro atoms. The van der Waals surface area contributed by atoms with E-state index in [2.05, 4.69) is 11.8 Å². The van der Waals surface area contributed by atoms with Crippen LogP contribution in [0.1, 0.15) is 46.5 Å². The van der Waals surface area contributed by atoms with Crippen molar-refractivity contribution < 1.29 is 38.4 Å². The molecule has 1 N–H and O–H groups in total. The van der Waals surface area contributed by atoms with Crippen molar-refractivity contribution in [2.24, 2.45) is 40.4 Å². The van der Waals surface area contributed by atoms with E-state index in [-0.39, 0.29) is 65.2 Å². The fraction of sp³-hybridized carbons (Fsp3) is 0.929. The van der Waals surface area contributed by atoms with Crippen LogP contribution in [-0.2, 0) is 33.3 Å². The van der Waals surface area contributed by atoms with Gasteiger partial charge in [0.2, 0.25) is 0 Å². The Bertz CT molecular complexity index is 960. The number of ether oxygens (including phenoxy) is 5. The Morgan fingerprint density at radius 3 is 2.41 bits per heavy atom. The number of carbonyl (C=O) groups excluding carboxylic acids is 2. The van der Waals surface area contributed by atoms with Crippen molar-refractivity contribution >= 4 is 11.9 Å². The molecule has 7 bridgehead atoms. The minimum absolute atomic E-state index is 0.00590. The standard InChI is InChI=1S/C28H43NO8/c1-7-29-12-26(13-33-4)9-8-19(32)28-17-10-16-18(34-5)11-27(37-15(3)31,20(17)22(16)36-14(2)30)21(25(28)29)23(35-6)24(26)28/h16-25,32H,7-13H2,1-6H3/t16-,17?,18+,19+,20?,21+,22+,23+,24?,25?,26+,27-,28+/m1/s1. The van der Waals surface area contributed by atoms with Gasteiger partial charge in [0.05, 0.1) is 24.9 Å². The number of rotatable bonds is 7. The quantitative estimate of drug-likeness (QED) is 0.501. The van der Waals surface area contributed by atoms with Crippen LogP contribution in [-0.4, -0.2) is 99.0 Å². The summed E-state index contributed by atoms with van der Waals surface area (Å²) < 4.78 is 31.0. The molecule has 208 valence electrons. The van der Waals surface area contributed by atoms with Gasteiger partial charge < -0.3 is 28.8 Å². The predicted octanol–water partition coefficient (Wildman–Crippen LogP) is 1.64. The topological polar surface area (TPSA) is 104 Å². The molecule has 4 unspecified atom stereocenters. The maximum Gasteiger partial charge on any atom is 0.303 e. The fourth-order valence-corrected chi connectivity index (χ4v) is 11.4. The van der Waals surface area contributed by atoms with Gasteiger partial charge in [-0.05, 0) is 31.7 Å². The summed E-state index contributed by atoms with van der Waals surface area (Å²) in [5.74, 6) is -1.05. The third-order valence-electron chi connectivity index (χ3n) is 11.7. The summed E-state index contributed by atoms with van der Waals surface area (Å²) in [6.07, 6.45) is 1.46. The number of methoxy groups -OCH3 is 3. The second-order valence-electron chi connectivity index (χ2n) is 12.7. The number of carbonyl (C=O) groups is 2. The van der Waals surface area contributed by atoms with Crippen LogP contribution in [0.3, 0.4) is 0 Å². The van der Waals surface area contributed by atoms with E-state index in [0.717, 1.165) is 25.9 Å². The van der Waals surface area contributed by atoms with Crippen LogP contribution in [0.2, 0.25) is 0 Å². The number of aliphatic hydroxyl groups is 1. The van der Waals surface area contributed by atoms with Crippen molar-refractivity contribution in [1.82, 2.24) is 4.90 Å². The lowest BCUT2D eigenvalue weighted by Gasteiger charge is -2.69. The highest BCUT2D eigenvalue weighted by atomic mass is 16.6. The van der Waals surface area contributed by atoms with Crippen LogP contribution in [0.25, 0.3) is 0 Å². The Hall–Kier alpha value is -1.26. The van der Waals surface area contributed by atoms with Crippen LogP contribution < -0.4 is 0 Å². The van der Waals surface area contributed by atoms with Crippen LogP contribution in [0.15, 0.2) is 0 Å². The molecule has 1 aliphatic heterocycles. The van der Waals surface area contributed by atoms with E-state index in [1.54, 1.807) is 21.3 Å². The summed E-state index contributed by atoms with van der Waals surface area (Å²) in [5, 5.41) is 12.1. The smallest absolute Gasteiger partial charge is 0.303 e. The molecule has 0 aromatic heterocycles. The van der Waals surface area contributed by atoms with Gasteiger partial charge in [0, 0.05) is 88.7 Å². The molecule has 6 aliphatic rings. The molecule has 1 saturated heterocycles. The van der Waals surface area contributed by atoms with E-state index in [9.17, 15) is 14.7 Å². The molecule has 6 fully saturated rings. The molecular weight excluding hydrogens is 478 g/mol. The van der Waals surface area contributed by atoms with Crippen molar-refractivity contribution in [3.8, 4) is 0 Å². The van der Waals surface area contributed by atoms with Gasteiger partial charge in [0.25, 0.3) is 0 Å². The van der Waals surface area contributed by atoms with Crippen molar-refractivity contribution in [2.75, 3.05) is 41.0 Å². The van der Waals surface area contributed by atoms with Crippen molar-refractivity contribution in [1.29, 1.82) is 0 Å². The second-order valence-corrected chi connectivity index (χ2v) is 12.7. The first kappa shape index (κ1) is 26.0. The zero-order valence-corrected chi connectivity index (χ0v) is 23.0. The van der Waals surface area contributed by atoms with Gasteiger partial charge in [-0.1, -0.05) is 6.92 Å². The SMILES string of the molecule is CCN1C[C@]2(COC)CC[C@H](O)[C@]34C5C[C@@H]6[C@@H](OC)C[C@@](OC(C)=O)(C5[C@H]6OC(C)=O)[C@H](C13)[C@H](OC)C24. The van der Waals surface area contributed by atoms with Crippen LogP contribution >= 0.6 is 0 Å². The number of hydrogen-bond donors (Lipinski definition) is 1. The monoisotopic (exact) mass is 521 g/mol. The number of nitrogens with zero attached hydrogens (tertiary/aromatic N) is 1. The first-order valence-electron chi connectivity index (χ1n) is 14.0. The second kappa shape index (κ2) is 8.62. The predicted molar refractivity (Wildman–Crippen MR) is 131 cm³/mol. The van der Waals surface area contributed by atoms with E-state index in [1.807, 2.05) is 0 Å². The highest BCUT2D eigenvalue weighted by molar-refractivity contribution is 5.68. The lowest BCUT2D eigenvalue weighted by Crippen LogP contribution is -2.76. The molecule has 13 atom stereocenters. The molecule has 0 aromatic rings. The van der Waals surface area contributed by atoms with Crippen molar-refractivity contribution in [2.45, 2.75) is 82.5 Å². The Morgan fingerprint density at radius 2 is 1.81 bits per heavy atom. The Kier molecular flexibility index (Phi) is 6.05. The summed E-state index contributed by atoms with van der Waals surface area (Å²) in [5.41, 5.74) is -1.57. The van der Waals surface area contributed by atoms with Gasteiger partial charge in [-0.2, -0.15) is 0 Å². The number of likely N-dealkylation sites (tertiary alicyclic amines) is 1. The van der Waals surface area contributed by atoms with E-state index in [1.165, 1.54) is 13.8 Å². The number of hydrogen-bond acceptors (Lipinski definition) is 9. The lowest BCUT2D eigenvalue weighted by atomic mass is 9.43. The highest BCUT2D eigenvalue weighted by Crippen LogP contribution is 2.80. The van der Waals surface area contributed by atoms with Gasteiger partial charge >= 0.3 is 11.9 Å². The van der Waals surface area contributed by atoms with E-state index in [4.69, 9.17) is 23.7 Å². The van der Waals surface area contributed by atoms with Crippen LogP contribution in [0.5, 0.6) is 0 Å². The summed E-state index contributed by atoms with van der Waals surface area (Å²) in [7, 11) is 5.22. The first-order chi connectivity index (χ1) is 17.7. The first-order valence-corrected chi connectivity index (χ1v) is 14.0. The maximum atomic E-state index is 12.9. The number of aliphatic hydroxyl groups excluding tert-OH is 1. The Morgan fingerprint density at radius 1 is 1.05 bits per heavy atom. The molecule has 5 saturated carbocycles. The number of fused-ring (bicyclic) bond motifs is 2. The zero-order valence-electron chi connectivity index (χ0n) is 23.0. The van der Waals surface area contributed by atoms with E-state index >= 15 is 0 Å². The summed E-state index contributed by atoms with van der Waals surface area (Å²) in [4.78, 5) is 27.8. The molecule has 37 heavy (non-hydrogen) atoms. The van der Waals surface area contributed by atoms with E-state index in [0.29, 0.717) is 19.4 Å². The third-order valence-corrected chi connectivity index (χ3v) is 11.7. The molecule has 9 nitrogen and oxygen atoms in total. The average molecular weight is 522 g/mol. The molecular formula is C28H43NO8. The molecule has 0 amide bonds. The van der Waals surface area contributed by atoms with Gasteiger partial charge in [0.1, 0.15) is 11.7 Å². The number of piperidine rings is 1. The van der Waals surface area contributed by atoms with Crippen molar-refractivity contribution in [3.63, 3.8) is 0 Å². The third kappa shape index (κ3) is 2.98. The highest BCUT2D eigenvalue weighted by Gasteiger charge is 2.87. The van der Waals surface area contributed by atoms with Crippen molar-refractivity contribution in [3.05, 3.63) is 0 Å². The molecule has 6 rings (SSSR count). The Labute approximate surface area is 219 Å². The van der Waals surface area contributed by atoms with Gasteiger partial charge in [-0.3, -0.25) is 14.5 Å². The van der Waals surface area contributed by atoms with Gasteiger partial charge in [-0.25, -0.2) is 0 Å². The number of esters is 2.